The molecule has 2 nitrogen and oxygen atoms in total. The molecule has 69 heavy (non-hydrogen) atoms. The van der Waals surface area contributed by atoms with Gasteiger partial charge < -0.3 is 9.13 Å². The van der Waals surface area contributed by atoms with Crippen LogP contribution < -0.4 is 0 Å². The summed E-state index contributed by atoms with van der Waals surface area (Å²) in [7, 11) is -2.11. The molecule has 3 heteroatoms. The molecule has 0 spiro atoms. The summed E-state index contributed by atoms with van der Waals surface area (Å²) in [6.07, 6.45) is 0. The van der Waals surface area contributed by atoms with Crippen molar-refractivity contribution in [2.75, 3.05) is 0 Å². The minimum absolute atomic E-state index is 1.13. The van der Waals surface area contributed by atoms with E-state index < -0.39 is 10.0 Å². The molecule has 0 saturated carbocycles. The minimum Gasteiger partial charge on any atom is -0.309 e. The number of para-hydroxylation sites is 2. The Kier molecular flexibility index (Phi) is 9.96. The highest BCUT2D eigenvalue weighted by Gasteiger charge is 2.34. The Balaban J connectivity index is 1.05. The van der Waals surface area contributed by atoms with Crippen LogP contribution in [0.5, 0.6) is 0 Å². The van der Waals surface area contributed by atoms with E-state index in [0.29, 0.717) is 0 Å². The third-order valence-electron chi connectivity index (χ3n) is 13.8. The lowest BCUT2D eigenvalue weighted by Crippen LogP contribution is -2.07. The van der Waals surface area contributed by atoms with Gasteiger partial charge in [-0.25, -0.2) is 0 Å². The van der Waals surface area contributed by atoms with Gasteiger partial charge >= 0.3 is 0 Å². The van der Waals surface area contributed by atoms with E-state index in [4.69, 9.17) is 0 Å². The molecule has 11 aromatic carbocycles. The van der Waals surface area contributed by atoms with Crippen molar-refractivity contribution in [2.45, 2.75) is 19.6 Å². The predicted octanol–water partition coefficient (Wildman–Crippen LogP) is 18.2. The summed E-state index contributed by atoms with van der Waals surface area (Å²) in [5.74, 6) is 0. The third-order valence-corrected chi connectivity index (χ3v) is 17.7. The lowest BCUT2D eigenvalue weighted by Gasteiger charge is -2.42. The van der Waals surface area contributed by atoms with Crippen LogP contribution in [0.4, 0.5) is 0 Å². The van der Waals surface area contributed by atoms with E-state index in [2.05, 4.69) is 288 Å². The summed E-state index contributed by atoms with van der Waals surface area (Å²) in [6, 6.07) is 103. The Bertz CT molecular complexity index is 3920. The van der Waals surface area contributed by atoms with Crippen molar-refractivity contribution in [1.29, 1.82) is 0 Å². The van der Waals surface area contributed by atoms with Crippen molar-refractivity contribution in [3.05, 3.63) is 279 Å². The second-order valence-electron chi connectivity index (χ2n) is 17.7. The van der Waals surface area contributed by atoms with Gasteiger partial charge in [0.05, 0.1) is 22.1 Å². The van der Waals surface area contributed by atoms with Crippen LogP contribution in [0.15, 0.2) is 299 Å². The summed E-state index contributed by atoms with van der Waals surface area (Å²) in [6.45, 7) is 0. The van der Waals surface area contributed by atoms with Gasteiger partial charge in [0.25, 0.3) is 0 Å². The number of hydrogen-bond acceptors (Lipinski definition) is 0. The number of rotatable bonds is 9. The van der Waals surface area contributed by atoms with E-state index in [1.165, 1.54) is 96.6 Å². The zero-order chi connectivity index (χ0) is 45.7. The van der Waals surface area contributed by atoms with Gasteiger partial charge in [-0.2, -0.15) is 0 Å². The van der Waals surface area contributed by atoms with Crippen molar-refractivity contribution in [1.82, 2.24) is 9.13 Å². The van der Waals surface area contributed by atoms with Gasteiger partial charge in [-0.1, -0.05) is 188 Å². The molecule has 2 heterocycles. The molecule has 0 atom stereocenters. The molecule has 0 aliphatic heterocycles. The number of aromatic nitrogens is 2. The molecule has 0 saturated heterocycles. The molecule has 2 aromatic heterocycles. The summed E-state index contributed by atoms with van der Waals surface area (Å²) in [4.78, 5) is 5.12. The molecule has 0 aliphatic carbocycles. The van der Waals surface area contributed by atoms with Crippen molar-refractivity contribution < 1.29 is 0 Å². The number of fused-ring (bicyclic) bond motifs is 6. The second kappa shape index (κ2) is 16.9. The largest absolute Gasteiger partial charge is 0.309 e. The summed E-state index contributed by atoms with van der Waals surface area (Å²) >= 11 is 0. The molecule has 13 aromatic rings. The average Bonchev–Trinajstić information content (AvgIpc) is 3.95. The van der Waals surface area contributed by atoms with Gasteiger partial charge in [0.1, 0.15) is 0 Å². The minimum atomic E-state index is -2.11. The highest BCUT2D eigenvalue weighted by atomic mass is 32.3. The zero-order valence-electron chi connectivity index (χ0n) is 37.9. The second-order valence-corrected chi connectivity index (χ2v) is 20.8. The van der Waals surface area contributed by atoms with Gasteiger partial charge in [0.15, 0.2) is 0 Å². The SMILES string of the molecule is c1ccc(-c2cccc(S(c3ccccc3)(c3cccc(-c4ccccc4)c3)c3cccc(-n4c5ccccc5c5cc(-n6c7ccccc7c7c(-c8ccccc8)cccc76)ccc54)c3)c2)cc1. The maximum atomic E-state index is 2.48. The molecule has 0 fully saturated rings. The molecular weight excluding hydrogens is 853 g/mol. The van der Waals surface area contributed by atoms with Gasteiger partial charge in [0, 0.05) is 52.5 Å². The van der Waals surface area contributed by atoms with Gasteiger partial charge in [-0.05, 0) is 124 Å². The quantitative estimate of drug-likeness (QED) is 0.137. The van der Waals surface area contributed by atoms with E-state index in [1.807, 2.05) is 0 Å². The van der Waals surface area contributed by atoms with Crippen molar-refractivity contribution in [2.24, 2.45) is 0 Å². The Morgan fingerprint density at radius 2 is 0.652 bits per heavy atom. The van der Waals surface area contributed by atoms with Crippen LogP contribution in [0.3, 0.4) is 0 Å². The molecule has 326 valence electrons. The Hall–Kier alpha value is -8.63. The first-order valence-corrected chi connectivity index (χ1v) is 25.3. The van der Waals surface area contributed by atoms with Gasteiger partial charge in [-0.15, -0.1) is 10.0 Å². The van der Waals surface area contributed by atoms with Crippen LogP contribution in [-0.4, -0.2) is 9.13 Å². The first-order valence-electron chi connectivity index (χ1n) is 23.7. The fourth-order valence-electron chi connectivity index (χ4n) is 10.8. The van der Waals surface area contributed by atoms with Gasteiger partial charge in [0.2, 0.25) is 0 Å². The molecule has 0 unspecified atom stereocenters. The first kappa shape index (κ1) is 40.6. The number of hydrogen-bond donors (Lipinski definition) is 0. The maximum Gasteiger partial charge on any atom is 0.0547 e. The van der Waals surface area contributed by atoms with Crippen molar-refractivity contribution >= 4 is 53.6 Å². The Morgan fingerprint density at radius 3 is 1.29 bits per heavy atom. The molecule has 0 bridgehead atoms. The monoisotopic (exact) mass is 898 g/mol. The Morgan fingerprint density at radius 1 is 0.232 bits per heavy atom. The summed E-state index contributed by atoms with van der Waals surface area (Å²) in [5.41, 5.74) is 14.3. The van der Waals surface area contributed by atoms with E-state index in [-0.39, 0.29) is 0 Å². The van der Waals surface area contributed by atoms with Crippen molar-refractivity contribution in [3.63, 3.8) is 0 Å². The van der Waals surface area contributed by atoms with Crippen LogP contribution >= 0.6 is 10.0 Å². The highest BCUT2D eigenvalue weighted by molar-refractivity contribution is 8.34. The van der Waals surface area contributed by atoms with Crippen LogP contribution in [0, 0.1) is 0 Å². The van der Waals surface area contributed by atoms with Crippen LogP contribution in [0.25, 0.3) is 88.4 Å². The topological polar surface area (TPSA) is 9.86 Å². The summed E-state index contributed by atoms with van der Waals surface area (Å²) in [5, 5.41) is 4.95. The maximum absolute atomic E-state index is 2.48. The molecule has 13 rings (SSSR count). The standard InChI is InChI=1S/C66H46N2S/c1-5-21-47(22-6-1)50-27-17-32-55(43-50)69(54-30-11-4-12-31-54,56-33-18-28-51(44-56)48-23-7-2-8-24-48)57-34-19-29-52(45-57)67-62-38-15-13-35-59(62)61-46-53(41-42-64(61)67)68-63-39-16-14-36-60(63)66-58(37-20-40-65(66)68)49-25-9-3-10-26-49/h1-46H. The molecule has 0 radical (unpaired) electrons. The number of benzene rings is 11. The Labute approximate surface area is 404 Å². The van der Waals surface area contributed by atoms with Crippen LogP contribution in [-0.2, 0) is 0 Å². The van der Waals surface area contributed by atoms with E-state index >= 15 is 0 Å². The third kappa shape index (κ3) is 6.73. The normalized spacial score (nSPS) is 12.0. The van der Waals surface area contributed by atoms with E-state index in [9.17, 15) is 0 Å². The predicted molar refractivity (Wildman–Crippen MR) is 291 cm³/mol. The lowest BCUT2D eigenvalue weighted by atomic mass is 9.99. The average molecular weight is 899 g/mol. The number of nitrogens with zero attached hydrogens (tertiary/aromatic N) is 2. The van der Waals surface area contributed by atoms with E-state index in [1.54, 1.807) is 0 Å². The lowest BCUT2D eigenvalue weighted by molar-refractivity contribution is 1.14. The zero-order valence-corrected chi connectivity index (χ0v) is 38.7. The van der Waals surface area contributed by atoms with E-state index in [0.717, 1.165) is 11.4 Å². The van der Waals surface area contributed by atoms with Gasteiger partial charge in [-0.3, -0.25) is 0 Å². The first-order chi connectivity index (χ1) is 34.2. The van der Waals surface area contributed by atoms with Crippen LogP contribution in [0.2, 0.25) is 0 Å². The molecule has 0 aliphatic rings. The molecular formula is C66H46N2S. The molecule has 0 N–H and O–H groups in total. The fourth-order valence-corrected chi connectivity index (χ4v) is 14.7. The summed E-state index contributed by atoms with van der Waals surface area (Å²) < 4.78 is 4.93. The van der Waals surface area contributed by atoms with Crippen molar-refractivity contribution in [3.8, 4) is 44.8 Å². The molecule has 0 amide bonds. The van der Waals surface area contributed by atoms with Crippen LogP contribution in [0.1, 0.15) is 0 Å². The fraction of sp³-hybridized carbons (Fsp3) is 0. The smallest absolute Gasteiger partial charge is 0.0547 e. The highest BCUT2D eigenvalue weighted by Crippen LogP contribution is 2.74.